The Labute approximate surface area is 313 Å². The fourth-order valence-corrected chi connectivity index (χ4v) is 10.2. The third-order valence-electron chi connectivity index (χ3n) is 12.5. The fraction of sp³-hybridized carbons (Fsp3) is 0.476. The van der Waals surface area contributed by atoms with Gasteiger partial charge in [0.05, 0.1) is 18.2 Å². The Kier molecular flexibility index (Phi) is 9.18. The first-order chi connectivity index (χ1) is 25.4. The lowest BCUT2D eigenvalue weighted by Gasteiger charge is -2.45. The molecule has 2 amide bonds. The first-order valence-electron chi connectivity index (χ1n) is 19.1. The molecule has 2 aliphatic carbocycles. The summed E-state index contributed by atoms with van der Waals surface area (Å²) < 4.78 is 36.6. The number of aromatic nitrogens is 1. The van der Waals surface area contributed by atoms with Crippen molar-refractivity contribution < 1.29 is 22.7 Å². The number of hydrogen-bond acceptors (Lipinski definition) is 6. The van der Waals surface area contributed by atoms with Gasteiger partial charge in [-0.2, -0.15) is 12.7 Å². The second-order valence-electron chi connectivity index (χ2n) is 16.1. The number of nitrogens with one attached hydrogen (secondary N) is 1. The second-order valence-corrected chi connectivity index (χ2v) is 18.0. The van der Waals surface area contributed by atoms with Crippen LogP contribution in [0.4, 0.5) is 0 Å². The monoisotopic (exact) mass is 737 g/mol. The van der Waals surface area contributed by atoms with Crippen LogP contribution in [-0.4, -0.2) is 85.3 Å². The standard InChI is InChI=1S/C42H51N5O5S/c1-27-23-45(24-28(2)46(27)25-29-12-8-6-9-13-29)41(49)42-22-36(42)35-21-32(52-5)17-19-33(35)39-38(30-14-10-7-11-15-30)34-18-16-31(20-37(34)47(39)26-42)40(48)43-53(50,51)44(3)4/h6,8-9,12-13,16-21,27-28,30,36H,7,10-11,14-15,22-26H2,1-5H3,(H,43,48). The number of nitrogens with zero attached hydrogens (tertiary/aromatic N) is 4. The van der Waals surface area contributed by atoms with Crippen LogP contribution in [0.3, 0.4) is 0 Å². The first-order valence-corrected chi connectivity index (χ1v) is 20.5. The Bertz CT molecular complexity index is 2160. The van der Waals surface area contributed by atoms with E-state index in [1.165, 1.54) is 31.6 Å². The minimum absolute atomic E-state index is 0.0268. The Hall–Kier alpha value is -4.19. The Morgan fingerprint density at radius 3 is 2.34 bits per heavy atom. The molecule has 2 saturated carbocycles. The molecule has 8 rings (SSSR count). The summed E-state index contributed by atoms with van der Waals surface area (Å²) in [5.41, 5.74) is 6.42. The lowest BCUT2D eigenvalue weighted by atomic mass is 9.81. The summed E-state index contributed by atoms with van der Waals surface area (Å²) in [5.74, 6) is 0.652. The highest BCUT2D eigenvalue weighted by Crippen LogP contribution is 2.66. The highest BCUT2D eigenvalue weighted by atomic mass is 32.2. The van der Waals surface area contributed by atoms with E-state index in [1.54, 1.807) is 13.2 Å². The van der Waals surface area contributed by atoms with Gasteiger partial charge in [-0.3, -0.25) is 14.5 Å². The van der Waals surface area contributed by atoms with Crippen LogP contribution >= 0.6 is 0 Å². The van der Waals surface area contributed by atoms with E-state index < -0.39 is 21.5 Å². The maximum absolute atomic E-state index is 15.2. The topological polar surface area (TPSA) is 104 Å². The lowest BCUT2D eigenvalue weighted by molar-refractivity contribution is -0.142. The molecule has 10 nitrogen and oxygen atoms in total. The van der Waals surface area contributed by atoms with Crippen LogP contribution in [0, 0.1) is 5.41 Å². The number of carbonyl (C=O) groups excluding carboxylic acids is 2. The van der Waals surface area contributed by atoms with Crippen LogP contribution in [0.5, 0.6) is 5.75 Å². The fourth-order valence-electron chi connectivity index (χ4n) is 9.63. The molecule has 4 aliphatic rings. The summed E-state index contributed by atoms with van der Waals surface area (Å²) in [6.07, 6.45) is 6.44. The van der Waals surface area contributed by atoms with Gasteiger partial charge >= 0.3 is 10.2 Å². The number of hydrogen-bond donors (Lipinski definition) is 1. The van der Waals surface area contributed by atoms with Gasteiger partial charge in [-0.15, -0.1) is 0 Å². The van der Waals surface area contributed by atoms with Gasteiger partial charge in [0.15, 0.2) is 0 Å². The molecule has 1 N–H and O–H groups in total. The molecule has 4 atom stereocenters. The third-order valence-corrected chi connectivity index (χ3v) is 13.9. The highest BCUT2D eigenvalue weighted by Gasteiger charge is 2.64. The van der Waals surface area contributed by atoms with Crippen molar-refractivity contribution >= 4 is 32.9 Å². The summed E-state index contributed by atoms with van der Waals surface area (Å²) in [6, 6.07) is 22.8. The molecule has 4 unspecified atom stereocenters. The van der Waals surface area contributed by atoms with Crippen LogP contribution in [0.25, 0.3) is 22.2 Å². The van der Waals surface area contributed by atoms with E-state index in [-0.39, 0.29) is 29.5 Å². The molecule has 0 bridgehead atoms. The predicted octanol–water partition coefficient (Wildman–Crippen LogP) is 6.51. The minimum atomic E-state index is -3.99. The van der Waals surface area contributed by atoms with Gasteiger partial charge in [0.25, 0.3) is 5.91 Å². The highest BCUT2D eigenvalue weighted by molar-refractivity contribution is 7.87. The van der Waals surface area contributed by atoms with Crippen molar-refractivity contribution in [1.82, 2.24) is 23.4 Å². The molecule has 3 fully saturated rings. The smallest absolute Gasteiger partial charge is 0.303 e. The van der Waals surface area contributed by atoms with Gasteiger partial charge in [0.2, 0.25) is 5.91 Å². The number of amides is 2. The molecule has 3 aromatic carbocycles. The molecule has 0 spiro atoms. The number of fused-ring (bicyclic) bond motifs is 7. The molecule has 11 heteroatoms. The number of benzene rings is 3. The molecular weight excluding hydrogens is 687 g/mol. The zero-order chi connectivity index (χ0) is 37.2. The van der Waals surface area contributed by atoms with E-state index in [1.807, 2.05) is 24.3 Å². The van der Waals surface area contributed by atoms with Crippen molar-refractivity contribution in [3.05, 3.63) is 89.0 Å². The summed E-state index contributed by atoms with van der Waals surface area (Å²) in [5, 5.41) is 1.07. The van der Waals surface area contributed by atoms with Gasteiger partial charge in [-0.25, -0.2) is 4.72 Å². The molecule has 1 aromatic heterocycles. The van der Waals surface area contributed by atoms with Crippen molar-refractivity contribution in [3.8, 4) is 17.0 Å². The Morgan fingerprint density at radius 2 is 1.66 bits per heavy atom. The maximum atomic E-state index is 15.2. The van der Waals surface area contributed by atoms with E-state index in [0.29, 0.717) is 25.6 Å². The first kappa shape index (κ1) is 35.8. The zero-order valence-electron chi connectivity index (χ0n) is 31.5. The van der Waals surface area contributed by atoms with E-state index in [9.17, 15) is 13.2 Å². The molecule has 53 heavy (non-hydrogen) atoms. The second kappa shape index (κ2) is 13.6. The van der Waals surface area contributed by atoms with Crippen molar-refractivity contribution in [2.75, 3.05) is 34.3 Å². The molecule has 280 valence electrons. The molecule has 3 heterocycles. The number of methoxy groups -OCH3 is 1. The lowest BCUT2D eigenvalue weighted by Crippen LogP contribution is -2.59. The van der Waals surface area contributed by atoms with Crippen molar-refractivity contribution in [2.24, 2.45) is 5.41 Å². The van der Waals surface area contributed by atoms with E-state index >= 15 is 4.79 Å². The van der Waals surface area contributed by atoms with Crippen molar-refractivity contribution in [3.63, 3.8) is 0 Å². The van der Waals surface area contributed by atoms with E-state index in [0.717, 1.165) is 76.4 Å². The normalized spacial score (nSPS) is 24.6. The van der Waals surface area contributed by atoms with Crippen molar-refractivity contribution in [2.45, 2.75) is 89.4 Å². The summed E-state index contributed by atoms with van der Waals surface area (Å²) >= 11 is 0. The van der Waals surface area contributed by atoms with Gasteiger partial charge in [-0.05, 0) is 86.1 Å². The number of rotatable bonds is 8. The average Bonchev–Trinajstić information content (AvgIpc) is 3.82. The van der Waals surface area contributed by atoms with Crippen LogP contribution in [-0.2, 0) is 28.1 Å². The maximum Gasteiger partial charge on any atom is 0.303 e. The largest absolute Gasteiger partial charge is 0.497 e. The number of piperazine rings is 1. The number of carbonyl (C=O) groups is 2. The SMILES string of the molecule is COc1ccc2c(c1)C1CC1(C(=O)N1CC(C)N(Cc3ccccc3)C(C)C1)Cn1c-2c(C2CCCCC2)c2ccc(C(=O)NS(=O)(=O)N(C)C)cc21. The summed E-state index contributed by atoms with van der Waals surface area (Å²) in [7, 11) is 0.485. The summed E-state index contributed by atoms with van der Waals surface area (Å²) in [6.45, 7) is 7.11. The van der Waals surface area contributed by atoms with E-state index in [4.69, 9.17) is 4.74 Å². The quantitative estimate of drug-likeness (QED) is 0.221. The minimum Gasteiger partial charge on any atom is -0.497 e. The van der Waals surface area contributed by atoms with Crippen LogP contribution in [0.15, 0.2) is 66.7 Å². The van der Waals surface area contributed by atoms with Crippen LogP contribution in [0.2, 0.25) is 0 Å². The molecule has 0 radical (unpaired) electrons. The third kappa shape index (κ3) is 6.24. The Morgan fingerprint density at radius 1 is 0.943 bits per heavy atom. The molecular formula is C42H51N5O5S. The zero-order valence-corrected chi connectivity index (χ0v) is 32.3. The van der Waals surface area contributed by atoms with Gasteiger partial charge in [-0.1, -0.05) is 55.7 Å². The Balaban J connectivity index is 1.23. The molecule has 4 aromatic rings. The van der Waals surface area contributed by atoms with Gasteiger partial charge in [0.1, 0.15) is 5.75 Å². The molecule has 2 aliphatic heterocycles. The van der Waals surface area contributed by atoms with Gasteiger partial charge < -0.3 is 14.2 Å². The molecule has 1 saturated heterocycles. The average molecular weight is 738 g/mol. The van der Waals surface area contributed by atoms with Gasteiger partial charge in [0, 0.05) is 80.3 Å². The van der Waals surface area contributed by atoms with E-state index in [2.05, 4.69) is 69.3 Å². The number of ether oxygens (including phenoxy) is 1. The van der Waals surface area contributed by atoms with Crippen LogP contribution in [0.1, 0.15) is 91.3 Å². The van der Waals surface area contributed by atoms with Crippen LogP contribution < -0.4 is 9.46 Å². The summed E-state index contributed by atoms with van der Waals surface area (Å²) in [4.78, 5) is 33.3. The predicted molar refractivity (Wildman–Crippen MR) is 207 cm³/mol. The van der Waals surface area contributed by atoms with Crippen molar-refractivity contribution in [1.29, 1.82) is 0 Å².